The molecule has 338 valence electrons. The van der Waals surface area contributed by atoms with Crippen molar-refractivity contribution in [3.05, 3.63) is 130 Å². The Hall–Kier alpha value is -3.90. The molecule has 0 aromatic heterocycles. The summed E-state index contributed by atoms with van der Waals surface area (Å²) in [5.41, 5.74) is 4.80. The topological polar surface area (TPSA) is 94.8 Å². The normalized spacial score (nSPS) is 14.6. The molecule has 0 aliphatic heterocycles. The zero-order valence-electron chi connectivity index (χ0n) is 41.3. The van der Waals surface area contributed by atoms with E-state index >= 15 is 0 Å². The molecule has 0 saturated heterocycles. The molecule has 3 N–H and O–H groups in total. The molecular formula is C56H73O5PS. The van der Waals surface area contributed by atoms with Gasteiger partial charge in [0.25, 0.3) is 0 Å². The number of hydrogen-bond acceptors (Lipinski definition) is 5. The van der Waals surface area contributed by atoms with E-state index in [0.717, 1.165) is 43.8 Å². The molecule has 0 bridgehead atoms. The molecule has 63 heavy (non-hydrogen) atoms. The summed E-state index contributed by atoms with van der Waals surface area (Å²) in [5.74, 6) is 0. The van der Waals surface area contributed by atoms with Crippen LogP contribution in [0.3, 0.4) is 0 Å². The third-order valence-electron chi connectivity index (χ3n) is 12.6. The van der Waals surface area contributed by atoms with Gasteiger partial charge in [0, 0.05) is 0 Å². The van der Waals surface area contributed by atoms with Crippen LogP contribution in [0.5, 0.6) is 0 Å². The molecule has 0 heterocycles. The quantitative estimate of drug-likeness (QED) is 0.150. The van der Waals surface area contributed by atoms with Crippen LogP contribution in [0.15, 0.2) is 107 Å². The van der Waals surface area contributed by atoms with Gasteiger partial charge in [-0.3, -0.25) is 0 Å². The first kappa shape index (κ1) is 48.6. The summed E-state index contributed by atoms with van der Waals surface area (Å²) in [6.45, 7) is 38.6. The van der Waals surface area contributed by atoms with Crippen LogP contribution < -0.4 is 10.6 Å². The molecule has 6 aromatic carbocycles. The Morgan fingerprint density at radius 3 is 1.24 bits per heavy atom. The van der Waals surface area contributed by atoms with Crippen molar-refractivity contribution in [2.45, 2.75) is 167 Å². The van der Waals surface area contributed by atoms with Gasteiger partial charge < -0.3 is 0 Å². The van der Waals surface area contributed by atoms with Gasteiger partial charge in [0.1, 0.15) is 0 Å². The predicted octanol–water partition coefficient (Wildman–Crippen LogP) is 13.5. The molecule has 6 rings (SSSR count). The Morgan fingerprint density at radius 1 is 0.381 bits per heavy atom. The molecule has 0 radical (unpaired) electrons. The summed E-state index contributed by atoms with van der Waals surface area (Å²) >= 11 is 0. The summed E-state index contributed by atoms with van der Waals surface area (Å²) in [4.78, 5) is 40.2. The second-order valence-corrected chi connectivity index (χ2v) is 29.1. The van der Waals surface area contributed by atoms with Gasteiger partial charge in [0.2, 0.25) is 0 Å². The van der Waals surface area contributed by atoms with Gasteiger partial charge in [-0.25, -0.2) is 0 Å². The Labute approximate surface area is 379 Å². The van der Waals surface area contributed by atoms with E-state index in [-0.39, 0.29) is 47.6 Å². The van der Waals surface area contributed by atoms with Crippen LogP contribution >= 0.6 is 7.28 Å². The Bertz CT molecular complexity index is 2870. The first-order chi connectivity index (χ1) is 28.3. The van der Waals surface area contributed by atoms with Crippen LogP contribution in [0.4, 0.5) is 0 Å². The fourth-order valence-electron chi connectivity index (χ4n) is 8.83. The molecule has 7 heteroatoms. The molecule has 5 nitrogen and oxygen atoms in total. The van der Waals surface area contributed by atoms with Crippen molar-refractivity contribution in [2.24, 2.45) is 0 Å². The van der Waals surface area contributed by atoms with E-state index < -0.39 is 28.0 Å². The van der Waals surface area contributed by atoms with Crippen LogP contribution in [0.1, 0.15) is 158 Å². The van der Waals surface area contributed by atoms with Crippen molar-refractivity contribution in [2.75, 3.05) is 0 Å². The summed E-state index contributed by atoms with van der Waals surface area (Å²) < 4.78 is 29.0. The number of rotatable bonds is 5. The van der Waals surface area contributed by atoms with Crippen LogP contribution in [0, 0.1) is 0 Å². The molecular weight excluding hydrogens is 816 g/mol. The third-order valence-corrected chi connectivity index (χ3v) is 16.9. The molecule has 0 atom stereocenters. The van der Waals surface area contributed by atoms with Gasteiger partial charge in [-0.1, -0.05) is 0 Å². The third kappa shape index (κ3) is 9.18. The molecule has 0 saturated carbocycles. The predicted molar refractivity (Wildman–Crippen MR) is 270 cm³/mol. The zero-order chi connectivity index (χ0) is 47.5. The van der Waals surface area contributed by atoms with Gasteiger partial charge in [-0.15, -0.1) is 0 Å². The molecule has 0 aliphatic rings. The molecule has 0 aliphatic carbocycles. The summed E-state index contributed by atoms with van der Waals surface area (Å²) in [6.07, 6.45) is 0. The summed E-state index contributed by atoms with van der Waals surface area (Å²) in [6, 6.07) is 29.7. The van der Waals surface area contributed by atoms with Gasteiger partial charge >= 0.3 is 381 Å². The summed E-state index contributed by atoms with van der Waals surface area (Å²) in [5, 5.41) is 3.71. The Kier molecular flexibility index (Phi) is 11.6. The monoisotopic (exact) mass is 888 g/mol. The van der Waals surface area contributed by atoms with Crippen LogP contribution in [0.2, 0.25) is 0 Å². The summed E-state index contributed by atoms with van der Waals surface area (Å²) in [7, 11) is -10.3. The Balaban J connectivity index is 1.84. The minimum absolute atomic E-state index is 0.0159. The fourth-order valence-corrected chi connectivity index (χ4v) is 12.6. The number of hydrogen-bond donors (Lipinski definition) is 3. The van der Waals surface area contributed by atoms with E-state index in [1.165, 1.54) is 17.7 Å². The minimum atomic E-state index is -6.21. The second-order valence-electron chi connectivity index (χ2n) is 24.2. The SMILES string of the molecule is CC(C)(C)c1cc(C(C)(C)C)c2cc(-c3cc(S(=O)(=O)c4ccccc4)ccc3P(O)(O)(O)c3cc4c(C(C)(C)C)cc(C(C)(C)C)cc4cc3C(C)(C)C)c(C(C)(C)C)cc2c1. The van der Waals surface area contributed by atoms with Gasteiger partial charge in [-0.05, 0) is 0 Å². The van der Waals surface area contributed by atoms with E-state index in [9.17, 15) is 23.1 Å². The average Bonchev–Trinajstić information content (AvgIpc) is 3.13. The zero-order valence-corrected chi connectivity index (χ0v) is 43.0. The van der Waals surface area contributed by atoms with Crippen molar-refractivity contribution >= 4 is 49.3 Å². The molecule has 0 fully saturated rings. The second kappa shape index (κ2) is 15.1. The van der Waals surface area contributed by atoms with Crippen molar-refractivity contribution in [1.82, 2.24) is 0 Å². The van der Waals surface area contributed by atoms with Crippen molar-refractivity contribution in [3.63, 3.8) is 0 Å². The number of fused-ring (bicyclic) bond motifs is 2. The van der Waals surface area contributed by atoms with Crippen molar-refractivity contribution in [1.29, 1.82) is 0 Å². The maximum absolute atomic E-state index is 14.5. The van der Waals surface area contributed by atoms with Crippen LogP contribution in [0.25, 0.3) is 32.7 Å². The molecule has 0 spiro atoms. The van der Waals surface area contributed by atoms with Gasteiger partial charge in [0.05, 0.1) is 0 Å². The molecule has 0 unspecified atom stereocenters. The van der Waals surface area contributed by atoms with E-state index in [2.05, 4.69) is 140 Å². The van der Waals surface area contributed by atoms with E-state index in [0.29, 0.717) is 11.1 Å². The first-order valence-corrected chi connectivity index (χ1v) is 25.9. The number of sulfone groups is 1. The van der Waals surface area contributed by atoms with E-state index in [1.54, 1.807) is 42.5 Å². The average molecular weight is 889 g/mol. The van der Waals surface area contributed by atoms with Gasteiger partial charge in [0.15, 0.2) is 0 Å². The standard InChI is InChI=1S/C56H73O5PS/c1-51(2,3)37-26-35-28-45(53(7,8)9)43(33-41(35)46(30-37)54(10,11)12)44-32-40(63(60,61)39-22-20-19-21-23-39)24-25-49(44)62(57,58,59)50-34-42-36(29-48(50)56(16,17)18)27-38(52(4,5)6)31-47(42)55(13,14)15/h19-34,57-59H,1-18H3. The van der Waals surface area contributed by atoms with Crippen molar-refractivity contribution < 1.29 is 23.1 Å². The first-order valence-electron chi connectivity index (χ1n) is 22.3. The fraction of sp³-hybridized carbons (Fsp3) is 0.429. The van der Waals surface area contributed by atoms with Crippen LogP contribution in [-0.2, 0) is 42.3 Å². The molecule has 6 aromatic rings. The number of benzene rings is 6. The van der Waals surface area contributed by atoms with Crippen LogP contribution in [-0.4, -0.2) is 23.1 Å². The van der Waals surface area contributed by atoms with E-state index in [1.807, 2.05) is 26.8 Å². The molecule has 0 amide bonds. The van der Waals surface area contributed by atoms with Gasteiger partial charge in [-0.2, -0.15) is 0 Å². The van der Waals surface area contributed by atoms with Crippen molar-refractivity contribution in [3.8, 4) is 11.1 Å². The Morgan fingerprint density at radius 2 is 0.810 bits per heavy atom. The van der Waals surface area contributed by atoms with E-state index in [4.69, 9.17) is 0 Å². The maximum atomic E-state index is 14.5.